The van der Waals surface area contributed by atoms with Crippen molar-refractivity contribution in [2.75, 3.05) is 52.8 Å². The lowest BCUT2D eigenvalue weighted by molar-refractivity contribution is 0.0827. The summed E-state index contributed by atoms with van der Waals surface area (Å²) in [5, 5.41) is 10.3. The van der Waals surface area contributed by atoms with Crippen molar-refractivity contribution in [3.8, 4) is 11.3 Å². The molecule has 0 spiro atoms. The van der Waals surface area contributed by atoms with Crippen molar-refractivity contribution in [1.29, 1.82) is 0 Å². The molecule has 1 aliphatic rings. The number of nitrogens with one attached hydrogen (secondary N) is 2. The molecule has 2 atom stereocenters. The maximum Gasteiger partial charge on any atom is 0.320 e. The summed E-state index contributed by atoms with van der Waals surface area (Å²) in [5.74, 6) is -1.66. The van der Waals surface area contributed by atoms with Crippen LogP contribution in [0.2, 0.25) is 0 Å². The van der Waals surface area contributed by atoms with E-state index in [0.29, 0.717) is 48.9 Å². The molecule has 0 bridgehead atoms. The molecule has 2 heterocycles. The van der Waals surface area contributed by atoms with Crippen LogP contribution in [0.5, 0.6) is 0 Å². The van der Waals surface area contributed by atoms with Gasteiger partial charge in [0.15, 0.2) is 11.6 Å². The number of likely N-dealkylation sites (tertiary alicyclic amines) is 1. The number of urea groups is 1. The Morgan fingerprint density at radius 2 is 1.82 bits per heavy atom. The second kappa shape index (κ2) is 11.7. The summed E-state index contributed by atoms with van der Waals surface area (Å²) < 4.78 is 34.2. The molecule has 2 N–H and O–H groups in total. The predicted octanol–water partition coefficient (Wildman–Crippen LogP) is 3.30. The van der Waals surface area contributed by atoms with Crippen molar-refractivity contribution >= 4 is 17.8 Å². The van der Waals surface area contributed by atoms with Gasteiger partial charge in [0.05, 0.1) is 18.3 Å². The van der Waals surface area contributed by atoms with Crippen LogP contribution in [0.1, 0.15) is 21.8 Å². The molecule has 3 aromatic rings. The van der Waals surface area contributed by atoms with Gasteiger partial charge in [0, 0.05) is 71.0 Å². The van der Waals surface area contributed by atoms with Crippen LogP contribution in [0.3, 0.4) is 0 Å². The van der Waals surface area contributed by atoms with Gasteiger partial charge in [-0.1, -0.05) is 18.2 Å². The molecular weight excluding hydrogens is 494 g/mol. The molecule has 11 heteroatoms. The molecule has 0 aliphatic carbocycles. The van der Waals surface area contributed by atoms with Gasteiger partial charge in [0.1, 0.15) is 5.82 Å². The van der Waals surface area contributed by atoms with Gasteiger partial charge in [-0.3, -0.25) is 19.7 Å². The number of anilines is 1. The second-order valence-corrected chi connectivity index (χ2v) is 9.55. The second-order valence-electron chi connectivity index (χ2n) is 9.55. The van der Waals surface area contributed by atoms with E-state index in [9.17, 15) is 18.4 Å². The third-order valence-electron chi connectivity index (χ3n) is 6.65. The fourth-order valence-corrected chi connectivity index (χ4v) is 4.60. The molecule has 9 nitrogen and oxygen atoms in total. The van der Waals surface area contributed by atoms with Gasteiger partial charge < -0.3 is 15.0 Å². The largest absolute Gasteiger partial charge is 0.383 e. The van der Waals surface area contributed by atoms with Gasteiger partial charge in [-0.05, 0) is 29.8 Å². The summed E-state index contributed by atoms with van der Waals surface area (Å²) in [6, 6.07) is 11.9. The zero-order chi connectivity index (χ0) is 27.4. The number of ether oxygens (including phenoxy) is 1. The Morgan fingerprint density at radius 3 is 2.47 bits per heavy atom. The smallest absolute Gasteiger partial charge is 0.320 e. The molecule has 202 valence electrons. The summed E-state index contributed by atoms with van der Waals surface area (Å²) in [5.41, 5.74) is 2.62. The lowest BCUT2D eigenvalue weighted by Gasteiger charge is -2.20. The van der Waals surface area contributed by atoms with Gasteiger partial charge >= 0.3 is 6.03 Å². The first-order valence-corrected chi connectivity index (χ1v) is 12.3. The highest BCUT2D eigenvalue weighted by atomic mass is 19.2. The standard InChI is InChI=1S/C27H32F2N6O3/c1-33(2)26(36)18-7-5-17(6-8-18)23-14-25(34(3)32-23)31-27(37)30-24-16-35(11-12-38-4)15-20(24)19-9-10-21(28)22(29)13-19/h5-10,13-14,20,24H,11-12,15-16H2,1-4H3,(H2,30,31,37). The molecule has 0 saturated carbocycles. The minimum Gasteiger partial charge on any atom is -0.383 e. The molecular formula is C27H32F2N6O3. The van der Waals surface area contributed by atoms with Crippen molar-refractivity contribution in [2.45, 2.75) is 12.0 Å². The van der Waals surface area contributed by atoms with E-state index in [1.54, 1.807) is 57.2 Å². The number of amides is 3. The Hall–Kier alpha value is -3.83. The number of rotatable bonds is 8. The average Bonchev–Trinajstić information content (AvgIpc) is 3.46. The Bertz CT molecular complexity index is 1290. The lowest BCUT2D eigenvalue weighted by Crippen LogP contribution is -2.42. The van der Waals surface area contributed by atoms with Crippen molar-refractivity contribution in [3.63, 3.8) is 0 Å². The molecule has 38 heavy (non-hydrogen) atoms. The topological polar surface area (TPSA) is 91.7 Å². The number of hydrogen-bond acceptors (Lipinski definition) is 5. The van der Waals surface area contributed by atoms with Crippen molar-refractivity contribution < 1.29 is 23.1 Å². The van der Waals surface area contributed by atoms with Crippen LogP contribution < -0.4 is 10.6 Å². The number of aryl methyl sites for hydroxylation is 1. The molecule has 2 unspecified atom stereocenters. The molecule has 4 rings (SSSR count). The van der Waals surface area contributed by atoms with Crippen molar-refractivity contribution in [3.05, 3.63) is 71.3 Å². The highest BCUT2D eigenvalue weighted by Gasteiger charge is 2.35. The van der Waals surface area contributed by atoms with Crippen LogP contribution in [-0.4, -0.2) is 85.0 Å². The quantitative estimate of drug-likeness (QED) is 0.470. The molecule has 1 aromatic heterocycles. The normalized spacial score (nSPS) is 17.4. The summed E-state index contributed by atoms with van der Waals surface area (Å²) in [6.07, 6.45) is 0. The number of aromatic nitrogens is 2. The van der Waals surface area contributed by atoms with E-state index in [2.05, 4.69) is 20.6 Å². The fourth-order valence-electron chi connectivity index (χ4n) is 4.60. The Morgan fingerprint density at radius 1 is 1.08 bits per heavy atom. The molecule has 1 fully saturated rings. The molecule has 1 aliphatic heterocycles. The van der Waals surface area contributed by atoms with Gasteiger partial charge in [-0.2, -0.15) is 5.10 Å². The molecule has 3 amide bonds. The Kier molecular flexibility index (Phi) is 8.38. The number of halogens is 2. The minimum absolute atomic E-state index is 0.0917. The van der Waals surface area contributed by atoms with Crippen molar-refractivity contribution in [2.24, 2.45) is 7.05 Å². The Labute approximate surface area is 220 Å². The van der Waals surface area contributed by atoms with Gasteiger partial charge in [0.2, 0.25) is 0 Å². The van der Waals surface area contributed by atoms with Gasteiger partial charge in [0.25, 0.3) is 5.91 Å². The van der Waals surface area contributed by atoms with Crippen LogP contribution in [0.15, 0.2) is 48.5 Å². The Balaban J connectivity index is 1.46. The molecule has 2 aromatic carbocycles. The number of carbonyl (C=O) groups excluding carboxylic acids is 2. The monoisotopic (exact) mass is 526 g/mol. The maximum atomic E-state index is 14.0. The summed E-state index contributed by atoms with van der Waals surface area (Å²) in [7, 11) is 6.73. The lowest BCUT2D eigenvalue weighted by atomic mass is 9.94. The van der Waals surface area contributed by atoms with Crippen LogP contribution in [-0.2, 0) is 11.8 Å². The zero-order valence-corrected chi connectivity index (χ0v) is 21.9. The van der Waals surface area contributed by atoms with E-state index in [-0.39, 0.29) is 17.9 Å². The predicted molar refractivity (Wildman–Crippen MR) is 140 cm³/mol. The van der Waals surface area contributed by atoms with Gasteiger partial charge in [-0.25, -0.2) is 13.6 Å². The number of methoxy groups -OCH3 is 1. The van der Waals surface area contributed by atoms with Crippen LogP contribution >= 0.6 is 0 Å². The number of benzene rings is 2. The summed E-state index contributed by atoms with van der Waals surface area (Å²) in [6.45, 7) is 2.28. The molecule has 0 radical (unpaired) electrons. The first-order chi connectivity index (χ1) is 18.2. The van der Waals surface area contributed by atoms with E-state index in [1.807, 2.05) is 12.1 Å². The van der Waals surface area contributed by atoms with E-state index in [4.69, 9.17) is 4.74 Å². The van der Waals surface area contributed by atoms with Crippen LogP contribution in [0, 0.1) is 11.6 Å². The zero-order valence-electron chi connectivity index (χ0n) is 21.9. The number of nitrogens with zero attached hydrogens (tertiary/aromatic N) is 4. The van der Waals surface area contributed by atoms with Crippen LogP contribution in [0.25, 0.3) is 11.3 Å². The third kappa shape index (κ3) is 6.17. The first-order valence-electron chi connectivity index (χ1n) is 12.3. The van der Waals surface area contributed by atoms with E-state index < -0.39 is 17.7 Å². The number of carbonyl (C=O) groups is 2. The minimum atomic E-state index is -0.914. The molecule has 1 saturated heterocycles. The van der Waals surface area contributed by atoms with Crippen molar-refractivity contribution in [1.82, 2.24) is 24.9 Å². The average molecular weight is 527 g/mol. The van der Waals surface area contributed by atoms with E-state index in [1.165, 1.54) is 11.0 Å². The first kappa shape index (κ1) is 27.2. The summed E-state index contributed by atoms with van der Waals surface area (Å²) >= 11 is 0. The highest BCUT2D eigenvalue weighted by Crippen LogP contribution is 2.29. The van der Waals surface area contributed by atoms with Gasteiger partial charge in [-0.15, -0.1) is 0 Å². The van der Waals surface area contributed by atoms with E-state index in [0.717, 1.165) is 11.6 Å². The summed E-state index contributed by atoms with van der Waals surface area (Å²) in [4.78, 5) is 28.8. The van der Waals surface area contributed by atoms with E-state index >= 15 is 0 Å². The maximum absolute atomic E-state index is 14.0. The van der Waals surface area contributed by atoms with Crippen LogP contribution in [0.4, 0.5) is 19.4 Å². The fraction of sp³-hybridized carbons (Fsp3) is 0.370. The highest BCUT2D eigenvalue weighted by molar-refractivity contribution is 5.94. The number of hydrogen-bond donors (Lipinski definition) is 2. The third-order valence-corrected chi connectivity index (χ3v) is 6.65. The SMILES string of the molecule is COCCN1CC(NC(=O)Nc2cc(-c3ccc(C(=O)N(C)C)cc3)nn2C)C(c2ccc(F)c(F)c2)C1.